The summed E-state index contributed by atoms with van der Waals surface area (Å²) in [7, 11) is -2.81. The molecule has 6 nitrogen and oxygen atoms in total. The summed E-state index contributed by atoms with van der Waals surface area (Å²) < 4.78 is 46.1. The van der Waals surface area contributed by atoms with Gasteiger partial charge >= 0.3 is 5.97 Å². The van der Waals surface area contributed by atoms with Crippen LogP contribution in [0.25, 0.3) is 0 Å². The molecule has 132 valence electrons. The molecule has 2 aromatic rings. The summed E-state index contributed by atoms with van der Waals surface area (Å²) in [5.41, 5.74) is 0.828. The van der Waals surface area contributed by atoms with E-state index in [1.165, 1.54) is 31.4 Å². The van der Waals surface area contributed by atoms with Gasteiger partial charge in [-0.15, -0.1) is 0 Å². The van der Waals surface area contributed by atoms with Crippen LogP contribution in [0.3, 0.4) is 0 Å². The van der Waals surface area contributed by atoms with Crippen molar-refractivity contribution in [1.82, 2.24) is 0 Å². The topological polar surface area (TPSA) is 83.9 Å². The molecule has 2 aromatic carbocycles. The van der Waals surface area contributed by atoms with Gasteiger partial charge in [0.2, 0.25) is 0 Å². The fourth-order valence-electron chi connectivity index (χ4n) is 2.89. The quantitative estimate of drug-likeness (QED) is 0.901. The molecule has 0 atom stereocenters. The molecule has 25 heavy (non-hydrogen) atoms. The molecule has 0 fully saturated rings. The normalized spacial score (nSPS) is 14.1. The van der Waals surface area contributed by atoms with Crippen LogP contribution in [0.1, 0.15) is 22.3 Å². The summed E-state index contributed by atoms with van der Waals surface area (Å²) in [6.45, 7) is 0.180. The van der Waals surface area contributed by atoms with Gasteiger partial charge in [0.25, 0.3) is 10.0 Å². The summed E-state index contributed by atoms with van der Waals surface area (Å²) in [6, 6.07) is 7.66. The molecule has 0 aliphatic carbocycles. The second kappa shape index (κ2) is 6.36. The summed E-state index contributed by atoms with van der Waals surface area (Å²) in [4.78, 5) is 10.9. The number of halogens is 1. The van der Waals surface area contributed by atoms with Crippen molar-refractivity contribution in [1.29, 1.82) is 0 Å². The predicted octanol–water partition coefficient (Wildman–Crippen LogP) is 2.67. The molecule has 0 aromatic heterocycles. The minimum Gasteiger partial charge on any atom is -0.495 e. The molecule has 0 amide bonds. The van der Waals surface area contributed by atoms with Crippen LogP contribution in [-0.4, -0.2) is 33.1 Å². The fourth-order valence-corrected chi connectivity index (χ4v) is 4.61. The molecular formula is C17H16FNO5S. The average molecular weight is 365 g/mol. The molecule has 0 saturated heterocycles. The Labute approximate surface area is 144 Å². The van der Waals surface area contributed by atoms with E-state index in [4.69, 9.17) is 9.84 Å². The number of sulfonamides is 1. The van der Waals surface area contributed by atoms with Crippen LogP contribution in [0, 0.1) is 5.82 Å². The number of ether oxygens (including phenoxy) is 1. The molecule has 0 unspecified atom stereocenters. The Bertz CT molecular complexity index is 942. The van der Waals surface area contributed by atoms with Crippen LogP contribution in [0.5, 0.6) is 5.75 Å². The number of carbonyl (C=O) groups is 1. The Hall–Kier alpha value is -2.61. The average Bonchev–Trinajstić information content (AvgIpc) is 2.60. The highest BCUT2D eigenvalue weighted by Crippen LogP contribution is 2.35. The lowest BCUT2D eigenvalue weighted by atomic mass is 10.0. The smallest absolute Gasteiger partial charge is 0.335 e. The van der Waals surface area contributed by atoms with Crippen molar-refractivity contribution in [3.8, 4) is 5.75 Å². The zero-order chi connectivity index (χ0) is 18.2. The van der Waals surface area contributed by atoms with E-state index in [0.29, 0.717) is 12.8 Å². The van der Waals surface area contributed by atoms with Crippen molar-refractivity contribution >= 4 is 21.7 Å². The second-order valence-corrected chi connectivity index (χ2v) is 7.46. The number of carboxylic acid groups (broad SMARTS) is 1. The fraction of sp³-hybridized carbons (Fsp3) is 0.235. The van der Waals surface area contributed by atoms with E-state index in [0.717, 1.165) is 15.9 Å². The first kappa shape index (κ1) is 17.2. The first-order valence-electron chi connectivity index (χ1n) is 7.57. The summed E-state index contributed by atoms with van der Waals surface area (Å²) in [5.74, 6) is -1.75. The summed E-state index contributed by atoms with van der Waals surface area (Å²) in [6.07, 6.45) is 1.23. The highest BCUT2D eigenvalue weighted by Gasteiger charge is 2.32. The Balaban J connectivity index is 2.17. The third-order valence-electron chi connectivity index (χ3n) is 4.10. The number of aryl methyl sites for hydroxylation is 1. The third-order valence-corrected chi connectivity index (χ3v) is 5.94. The van der Waals surface area contributed by atoms with Crippen molar-refractivity contribution < 1.29 is 27.4 Å². The number of methoxy groups -OCH3 is 1. The number of aromatic carboxylic acids is 1. The van der Waals surface area contributed by atoms with Gasteiger partial charge in [-0.3, -0.25) is 4.31 Å². The molecule has 0 radical (unpaired) electrons. The Morgan fingerprint density at radius 2 is 2.00 bits per heavy atom. The zero-order valence-corrected chi connectivity index (χ0v) is 14.2. The molecule has 1 aliphatic rings. The first-order chi connectivity index (χ1) is 11.8. The van der Waals surface area contributed by atoms with Gasteiger partial charge in [0.15, 0.2) is 0 Å². The monoisotopic (exact) mass is 365 g/mol. The number of hydrogen-bond donors (Lipinski definition) is 1. The highest BCUT2D eigenvalue weighted by molar-refractivity contribution is 7.93. The van der Waals surface area contributed by atoms with Gasteiger partial charge in [-0.25, -0.2) is 17.6 Å². The predicted molar refractivity (Wildman–Crippen MR) is 89.2 cm³/mol. The number of hydrogen-bond acceptors (Lipinski definition) is 4. The molecule has 0 saturated carbocycles. The Morgan fingerprint density at radius 1 is 1.24 bits per heavy atom. The lowest BCUT2D eigenvalue weighted by Gasteiger charge is -2.31. The number of rotatable bonds is 4. The lowest BCUT2D eigenvalue weighted by Crippen LogP contribution is -2.35. The second-order valence-electron chi connectivity index (χ2n) is 5.62. The van der Waals surface area contributed by atoms with Crippen molar-refractivity contribution in [2.45, 2.75) is 17.7 Å². The minimum absolute atomic E-state index is 0.0357. The number of nitrogens with zero attached hydrogens (tertiary/aromatic N) is 1. The van der Waals surface area contributed by atoms with Crippen LogP contribution < -0.4 is 9.04 Å². The summed E-state index contributed by atoms with van der Waals surface area (Å²) >= 11 is 0. The maximum absolute atomic E-state index is 13.7. The first-order valence-corrected chi connectivity index (χ1v) is 9.01. The molecular weight excluding hydrogens is 349 g/mol. The lowest BCUT2D eigenvalue weighted by molar-refractivity contribution is 0.0696. The largest absolute Gasteiger partial charge is 0.495 e. The van der Waals surface area contributed by atoms with Crippen molar-refractivity contribution in [3.63, 3.8) is 0 Å². The maximum Gasteiger partial charge on any atom is 0.335 e. The van der Waals surface area contributed by atoms with E-state index < -0.39 is 21.8 Å². The number of anilines is 1. The van der Waals surface area contributed by atoms with Gasteiger partial charge in [0, 0.05) is 6.54 Å². The van der Waals surface area contributed by atoms with Gasteiger partial charge in [-0.05, 0) is 48.7 Å². The van der Waals surface area contributed by atoms with Crippen LogP contribution in [0.4, 0.5) is 10.1 Å². The van der Waals surface area contributed by atoms with Gasteiger partial charge in [-0.1, -0.05) is 6.07 Å². The number of carboxylic acids is 1. The third kappa shape index (κ3) is 3.05. The molecule has 3 rings (SSSR count). The number of fused-ring (bicyclic) bond motifs is 1. The van der Waals surface area contributed by atoms with Crippen LogP contribution in [-0.2, 0) is 16.4 Å². The van der Waals surface area contributed by atoms with E-state index in [2.05, 4.69) is 0 Å². The van der Waals surface area contributed by atoms with Gasteiger partial charge in [0.05, 0.1) is 18.4 Å². The van der Waals surface area contributed by atoms with E-state index >= 15 is 0 Å². The Kier molecular flexibility index (Phi) is 4.38. The van der Waals surface area contributed by atoms with Crippen LogP contribution in [0.15, 0.2) is 41.3 Å². The minimum atomic E-state index is -4.11. The van der Waals surface area contributed by atoms with E-state index in [1.54, 1.807) is 6.07 Å². The molecule has 1 N–H and O–H groups in total. The van der Waals surface area contributed by atoms with Crippen molar-refractivity contribution in [3.05, 3.63) is 53.3 Å². The SMILES string of the molecule is COc1ccc(C(=O)O)cc1S(=O)(=O)N1CCCc2ccc(F)cc21. The summed E-state index contributed by atoms with van der Waals surface area (Å²) in [5, 5.41) is 9.14. The molecule has 1 aliphatic heterocycles. The molecule has 1 heterocycles. The zero-order valence-electron chi connectivity index (χ0n) is 13.4. The van der Waals surface area contributed by atoms with Gasteiger partial charge < -0.3 is 9.84 Å². The van der Waals surface area contributed by atoms with Gasteiger partial charge in [-0.2, -0.15) is 0 Å². The standard InChI is InChI=1S/C17H16FNO5S/c1-24-15-7-5-12(17(20)21)9-16(15)25(22,23)19-8-2-3-11-4-6-13(18)10-14(11)19/h4-7,9-10H,2-3,8H2,1H3,(H,20,21). The van der Waals surface area contributed by atoms with E-state index in [1.807, 2.05) is 0 Å². The van der Waals surface area contributed by atoms with Crippen LogP contribution in [0.2, 0.25) is 0 Å². The van der Waals surface area contributed by atoms with Crippen molar-refractivity contribution in [2.75, 3.05) is 18.0 Å². The van der Waals surface area contributed by atoms with Crippen LogP contribution >= 0.6 is 0 Å². The van der Waals surface area contributed by atoms with E-state index in [9.17, 15) is 17.6 Å². The molecule has 8 heteroatoms. The maximum atomic E-state index is 13.7. The Morgan fingerprint density at radius 3 is 2.68 bits per heavy atom. The highest BCUT2D eigenvalue weighted by atomic mass is 32.2. The molecule has 0 spiro atoms. The number of benzene rings is 2. The molecule has 0 bridgehead atoms. The van der Waals surface area contributed by atoms with Crippen molar-refractivity contribution in [2.24, 2.45) is 0 Å². The van der Waals surface area contributed by atoms with Gasteiger partial charge in [0.1, 0.15) is 16.5 Å². The van der Waals surface area contributed by atoms with E-state index in [-0.39, 0.29) is 28.4 Å².